The Labute approximate surface area is 172 Å². The van der Waals surface area contributed by atoms with Crippen molar-refractivity contribution in [3.8, 4) is 0 Å². The molecule has 2 aliphatic carbocycles. The second-order valence-electron chi connectivity index (χ2n) is 10.0. The molecule has 29 heavy (non-hydrogen) atoms. The number of esters is 3. The molecule has 2 saturated heterocycles. The summed E-state index contributed by atoms with van der Waals surface area (Å²) in [6.07, 6.45) is 4.54. The molecule has 4 fully saturated rings. The maximum atomic E-state index is 12.2. The molecule has 2 heterocycles. The van der Waals surface area contributed by atoms with Gasteiger partial charge in [-0.15, -0.1) is 0 Å². The summed E-state index contributed by atoms with van der Waals surface area (Å²) in [5.41, 5.74) is -1.02. The minimum atomic E-state index is -0.558. The SMILES string of the molecule is CC(C)CC(C)(C)C(=O)OCCOC(=O)COC12CC3CC(C1)OC(=O)C(C3)C2. The van der Waals surface area contributed by atoms with Crippen LogP contribution in [0.4, 0.5) is 0 Å². The monoisotopic (exact) mass is 410 g/mol. The van der Waals surface area contributed by atoms with Crippen molar-refractivity contribution in [3.05, 3.63) is 0 Å². The molecule has 4 aliphatic rings. The van der Waals surface area contributed by atoms with Gasteiger partial charge in [0, 0.05) is 6.42 Å². The van der Waals surface area contributed by atoms with Crippen molar-refractivity contribution >= 4 is 17.9 Å². The molecule has 2 aliphatic heterocycles. The van der Waals surface area contributed by atoms with Crippen LogP contribution in [-0.2, 0) is 33.3 Å². The molecule has 0 radical (unpaired) electrons. The lowest BCUT2D eigenvalue weighted by molar-refractivity contribution is -0.171. The Kier molecular flexibility index (Phi) is 6.56. The lowest BCUT2D eigenvalue weighted by atomic mass is 9.65. The molecule has 0 aromatic rings. The van der Waals surface area contributed by atoms with Gasteiger partial charge in [0.05, 0.1) is 16.9 Å². The third-order valence-corrected chi connectivity index (χ3v) is 6.26. The molecule has 0 aromatic carbocycles. The number of ether oxygens (including phenoxy) is 4. The average Bonchev–Trinajstić information content (AvgIpc) is 2.77. The first-order valence-electron chi connectivity index (χ1n) is 10.8. The summed E-state index contributed by atoms with van der Waals surface area (Å²) in [6, 6.07) is 0. The van der Waals surface area contributed by atoms with E-state index in [1.54, 1.807) is 0 Å². The first-order chi connectivity index (χ1) is 13.6. The second kappa shape index (κ2) is 8.62. The normalized spacial score (nSPS) is 30.8. The van der Waals surface area contributed by atoms with E-state index in [0.29, 0.717) is 24.7 Å². The van der Waals surface area contributed by atoms with Gasteiger partial charge in [0.2, 0.25) is 0 Å². The van der Waals surface area contributed by atoms with Crippen LogP contribution in [0.2, 0.25) is 0 Å². The topological polar surface area (TPSA) is 88.1 Å². The van der Waals surface area contributed by atoms with Gasteiger partial charge in [0.1, 0.15) is 25.9 Å². The summed E-state index contributed by atoms with van der Waals surface area (Å²) in [5.74, 6) is -0.193. The van der Waals surface area contributed by atoms with Gasteiger partial charge < -0.3 is 18.9 Å². The number of fused-ring (bicyclic) bond motifs is 1. The Morgan fingerprint density at radius 2 is 1.86 bits per heavy atom. The van der Waals surface area contributed by atoms with Crippen LogP contribution in [0.3, 0.4) is 0 Å². The maximum Gasteiger partial charge on any atom is 0.332 e. The number of carbonyl (C=O) groups excluding carboxylic acids is 3. The smallest absolute Gasteiger partial charge is 0.332 e. The lowest BCUT2D eigenvalue weighted by Crippen LogP contribution is -2.47. The number of carbonyl (C=O) groups is 3. The zero-order valence-corrected chi connectivity index (χ0v) is 18.0. The van der Waals surface area contributed by atoms with Crippen LogP contribution in [0.15, 0.2) is 0 Å². The van der Waals surface area contributed by atoms with Crippen molar-refractivity contribution in [2.45, 2.75) is 77.9 Å². The summed E-state index contributed by atoms with van der Waals surface area (Å²) < 4.78 is 21.9. The second-order valence-corrected chi connectivity index (χ2v) is 10.0. The van der Waals surface area contributed by atoms with Crippen LogP contribution in [0.25, 0.3) is 0 Å². The van der Waals surface area contributed by atoms with E-state index in [9.17, 15) is 14.4 Å². The van der Waals surface area contributed by atoms with Crippen LogP contribution in [0.5, 0.6) is 0 Å². The third kappa shape index (κ3) is 5.50. The molecule has 0 spiro atoms. The summed E-state index contributed by atoms with van der Waals surface area (Å²) in [6.45, 7) is 7.72. The molecule has 0 aromatic heterocycles. The molecule has 7 heteroatoms. The van der Waals surface area contributed by atoms with E-state index >= 15 is 0 Å². The fourth-order valence-corrected chi connectivity index (χ4v) is 5.39. The lowest BCUT2D eigenvalue weighted by Gasteiger charge is -2.45. The van der Waals surface area contributed by atoms with Crippen molar-refractivity contribution in [2.75, 3.05) is 19.8 Å². The molecule has 4 bridgehead atoms. The molecule has 0 N–H and O–H groups in total. The molecule has 0 amide bonds. The van der Waals surface area contributed by atoms with Gasteiger partial charge in [-0.1, -0.05) is 13.8 Å². The van der Waals surface area contributed by atoms with E-state index in [4.69, 9.17) is 18.9 Å². The number of rotatable bonds is 9. The standard InChI is InChI=1S/C22H34O7/c1-14(2)9-21(3,4)20(25)27-6-5-26-18(23)13-28-22-10-15-7-16(11-22)19(24)29-17(8-15)12-22/h14-17H,5-13H2,1-4H3. The minimum absolute atomic E-state index is 0.00810. The Morgan fingerprint density at radius 3 is 2.59 bits per heavy atom. The Bertz CT molecular complexity index is 641. The minimum Gasteiger partial charge on any atom is -0.462 e. The molecule has 7 nitrogen and oxygen atoms in total. The van der Waals surface area contributed by atoms with Crippen molar-refractivity contribution in [1.82, 2.24) is 0 Å². The fraction of sp³-hybridized carbons (Fsp3) is 0.864. The Hall–Kier alpha value is -1.63. The van der Waals surface area contributed by atoms with Crippen LogP contribution in [0, 0.1) is 23.2 Å². The van der Waals surface area contributed by atoms with Crippen molar-refractivity contribution < 1.29 is 33.3 Å². The highest BCUT2D eigenvalue weighted by Crippen LogP contribution is 2.51. The maximum absolute atomic E-state index is 12.2. The van der Waals surface area contributed by atoms with Crippen LogP contribution < -0.4 is 0 Å². The van der Waals surface area contributed by atoms with Gasteiger partial charge in [0.15, 0.2) is 0 Å². The van der Waals surface area contributed by atoms with Crippen molar-refractivity contribution in [3.63, 3.8) is 0 Å². The van der Waals surface area contributed by atoms with E-state index in [-0.39, 0.29) is 43.8 Å². The number of hydrogen-bond donors (Lipinski definition) is 0. The summed E-state index contributed by atoms with van der Waals surface area (Å²) >= 11 is 0. The summed E-state index contributed by atoms with van der Waals surface area (Å²) in [4.78, 5) is 36.3. The highest BCUT2D eigenvalue weighted by molar-refractivity contribution is 5.76. The highest BCUT2D eigenvalue weighted by atomic mass is 16.6. The highest BCUT2D eigenvalue weighted by Gasteiger charge is 2.53. The van der Waals surface area contributed by atoms with Crippen LogP contribution in [-0.4, -0.2) is 49.4 Å². The molecular weight excluding hydrogens is 376 g/mol. The van der Waals surface area contributed by atoms with Crippen LogP contribution in [0.1, 0.15) is 66.2 Å². The quantitative estimate of drug-likeness (QED) is 0.328. The van der Waals surface area contributed by atoms with Gasteiger partial charge in [-0.2, -0.15) is 0 Å². The van der Waals surface area contributed by atoms with E-state index in [2.05, 4.69) is 13.8 Å². The van der Waals surface area contributed by atoms with E-state index in [1.807, 2.05) is 13.8 Å². The van der Waals surface area contributed by atoms with Gasteiger partial charge in [0.25, 0.3) is 0 Å². The van der Waals surface area contributed by atoms with Gasteiger partial charge in [-0.25, -0.2) is 4.79 Å². The van der Waals surface area contributed by atoms with E-state index in [0.717, 1.165) is 25.7 Å². The molecule has 4 rings (SSSR count). The summed E-state index contributed by atoms with van der Waals surface area (Å²) in [7, 11) is 0. The Morgan fingerprint density at radius 1 is 1.14 bits per heavy atom. The predicted molar refractivity (Wildman–Crippen MR) is 104 cm³/mol. The third-order valence-electron chi connectivity index (χ3n) is 6.26. The first kappa shape index (κ1) is 22.1. The summed E-state index contributed by atoms with van der Waals surface area (Å²) in [5, 5.41) is 0. The zero-order chi connectivity index (χ0) is 21.2. The van der Waals surface area contributed by atoms with Crippen molar-refractivity contribution in [2.24, 2.45) is 23.2 Å². The van der Waals surface area contributed by atoms with E-state index in [1.165, 1.54) is 0 Å². The fourth-order valence-electron chi connectivity index (χ4n) is 5.39. The predicted octanol–water partition coefficient (Wildman–Crippen LogP) is 3.04. The molecular formula is C22H34O7. The molecule has 4 atom stereocenters. The largest absolute Gasteiger partial charge is 0.462 e. The molecule has 2 saturated carbocycles. The van der Waals surface area contributed by atoms with Gasteiger partial charge in [-0.3, -0.25) is 9.59 Å². The molecule has 4 unspecified atom stereocenters. The molecule has 164 valence electrons. The first-order valence-corrected chi connectivity index (χ1v) is 10.8. The Balaban J connectivity index is 1.39. The van der Waals surface area contributed by atoms with E-state index < -0.39 is 17.0 Å². The van der Waals surface area contributed by atoms with Crippen molar-refractivity contribution in [1.29, 1.82) is 0 Å². The number of hydrogen-bond acceptors (Lipinski definition) is 7. The average molecular weight is 411 g/mol. The van der Waals surface area contributed by atoms with Crippen LogP contribution >= 0.6 is 0 Å². The zero-order valence-electron chi connectivity index (χ0n) is 18.0. The van der Waals surface area contributed by atoms with Gasteiger partial charge >= 0.3 is 17.9 Å². The van der Waals surface area contributed by atoms with Gasteiger partial charge in [-0.05, 0) is 57.8 Å².